The molecule has 0 radical (unpaired) electrons. The number of carbonyl (C=O) groups is 1. The number of hydrogen-bond acceptors (Lipinski definition) is 6. The van der Waals surface area contributed by atoms with E-state index in [-0.39, 0.29) is 5.91 Å². The number of nitrogens with one attached hydrogen (secondary N) is 2. The number of hydrogen-bond donors (Lipinski definition) is 2. The summed E-state index contributed by atoms with van der Waals surface area (Å²) >= 11 is 0. The lowest BCUT2D eigenvalue weighted by Crippen LogP contribution is -2.25. The van der Waals surface area contributed by atoms with Gasteiger partial charge >= 0.3 is 0 Å². The maximum atomic E-state index is 11.9. The van der Waals surface area contributed by atoms with Gasteiger partial charge in [-0.15, -0.1) is 0 Å². The molecule has 1 amide bonds. The third-order valence-electron chi connectivity index (χ3n) is 4.38. The van der Waals surface area contributed by atoms with Crippen molar-refractivity contribution in [3.05, 3.63) is 53.6 Å². The van der Waals surface area contributed by atoms with E-state index in [1.54, 1.807) is 20.4 Å². The largest absolute Gasteiger partial charge is 0.493 e. The molecule has 0 aliphatic carbocycles. The molecular weight excluding hydrogens is 368 g/mol. The van der Waals surface area contributed by atoms with E-state index in [1.807, 2.05) is 61.5 Å². The van der Waals surface area contributed by atoms with Crippen LogP contribution in [0, 0.1) is 0 Å². The van der Waals surface area contributed by atoms with Gasteiger partial charge in [0.05, 0.1) is 20.4 Å². The fraction of sp³-hybridized carbons (Fsp3) is 0.364. The highest BCUT2D eigenvalue weighted by atomic mass is 16.5. The summed E-state index contributed by atoms with van der Waals surface area (Å²) in [5, 5.41) is 7.27. The van der Waals surface area contributed by atoms with E-state index in [0.29, 0.717) is 13.0 Å². The molecule has 0 atom stereocenters. The Morgan fingerprint density at radius 2 is 1.76 bits per heavy atom. The zero-order chi connectivity index (χ0) is 21.1. The highest BCUT2D eigenvalue weighted by Gasteiger charge is 2.04. The molecule has 29 heavy (non-hydrogen) atoms. The number of hydrazone groups is 1. The Labute approximate surface area is 172 Å². The Hall–Kier alpha value is -3.06. The zero-order valence-corrected chi connectivity index (χ0v) is 17.6. The smallest absolute Gasteiger partial charge is 0.241 e. The summed E-state index contributed by atoms with van der Waals surface area (Å²) in [6, 6.07) is 13.8. The van der Waals surface area contributed by atoms with Gasteiger partial charge in [-0.25, -0.2) is 5.43 Å². The normalized spacial score (nSPS) is 10.8. The first-order chi connectivity index (χ1) is 14.0. The lowest BCUT2D eigenvalue weighted by molar-refractivity contribution is -0.120. The quantitative estimate of drug-likeness (QED) is 0.345. The van der Waals surface area contributed by atoms with Gasteiger partial charge in [0.1, 0.15) is 0 Å². The second kappa shape index (κ2) is 11.7. The molecule has 2 rings (SSSR count). The number of nitrogens with zero attached hydrogens (tertiary/aromatic N) is 2. The van der Waals surface area contributed by atoms with Crippen LogP contribution in [0.5, 0.6) is 11.5 Å². The molecule has 2 aromatic carbocycles. The molecule has 0 unspecified atom stereocenters. The summed E-state index contributed by atoms with van der Waals surface area (Å²) in [5.74, 6) is 1.32. The Balaban J connectivity index is 1.64. The fourth-order valence-electron chi connectivity index (χ4n) is 2.69. The molecule has 0 heterocycles. The monoisotopic (exact) mass is 398 g/mol. The summed E-state index contributed by atoms with van der Waals surface area (Å²) in [4.78, 5) is 13.9. The molecule has 0 saturated carbocycles. The summed E-state index contributed by atoms with van der Waals surface area (Å²) in [7, 11) is 7.23. The average Bonchev–Trinajstić information content (AvgIpc) is 2.73. The van der Waals surface area contributed by atoms with E-state index >= 15 is 0 Å². The van der Waals surface area contributed by atoms with Crippen molar-refractivity contribution in [2.24, 2.45) is 5.10 Å². The molecule has 0 bridgehead atoms. The molecular formula is C22H30N4O3. The van der Waals surface area contributed by atoms with Crippen LogP contribution in [0.2, 0.25) is 0 Å². The average molecular weight is 399 g/mol. The van der Waals surface area contributed by atoms with Crippen LogP contribution in [0.15, 0.2) is 47.6 Å². The second-order valence-electron chi connectivity index (χ2n) is 6.72. The molecule has 0 aliphatic rings. The number of benzene rings is 2. The topological polar surface area (TPSA) is 75.2 Å². The van der Waals surface area contributed by atoms with Crippen molar-refractivity contribution >= 4 is 17.8 Å². The van der Waals surface area contributed by atoms with Crippen LogP contribution < -0.4 is 25.1 Å². The molecule has 0 fully saturated rings. The van der Waals surface area contributed by atoms with Crippen LogP contribution in [0.3, 0.4) is 0 Å². The van der Waals surface area contributed by atoms with Gasteiger partial charge in [0.15, 0.2) is 11.5 Å². The predicted molar refractivity (Wildman–Crippen MR) is 117 cm³/mol. The van der Waals surface area contributed by atoms with Crippen molar-refractivity contribution in [3.63, 3.8) is 0 Å². The van der Waals surface area contributed by atoms with Gasteiger partial charge in [-0.1, -0.05) is 18.2 Å². The molecule has 2 aromatic rings. The summed E-state index contributed by atoms with van der Waals surface area (Å²) < 4.78 is 10.5. The predicted octanol–water partition coefficient (Wildman–Crippen LogP) is 2.44. The van der Waals surface area contributed by atoms with E-state index in [2.05, 4.69) is 15.8 Å². The van der Waals surface area contributed by atoms with Gasteiger partial charge < -0.3 is 19.7 Å². The molecule has 7 heteroatoms. The van der Waals surface area contributed by atoms with Crippen LogP contribution in [-0.4, -0.2) is 53.5 Å². The summed E-state index contributed by atoms with van der Waals surface area (Å²) in [6.45, 7) is 1.36. The first kappa shape index (κ1) is 22.2. The lowest BCUT2D eigenvalue weighted by atomic mass is 10.1. The van der Waals surface area contributed by atoms with Crippen molar-refractivity contribution in [1.82, 2.24) is 10.7 Å². The number of carbonyl (C=O) groups excluding carboxylic acids is 1. The van der Waals surface area contributed by atoms with Gasteiger partial charge in [0.2, 0.25) is 5.91 Å². The second-order valence-corrected chi connectivity index (χ2v) is 6.72. The minimum Gasteiger partial charge on any atom is -0.493 e. The third-order valence-corrected chi connectivity index (χ3v) is 4.38. The molecule has 0 spiro atoms. The first-order valence-electron chi connectivity index (χ1n) is 9.54. The van der Waals surface area contributed by atoms with Gasteiger partial charge in [0, 0.05) is 32.7 Å². The standard InChI is InChI=1S/C22H30N4O3/c1-26(2)19-8-5-18(6-9-19)16-24-25-22(27)12-14-23-13-11-17-7-10-20(28-3)21(15-17)29-4/h5-10,15-16,23H,11-14H2,1-4H3,(H,25,27)/b24-16+. The van der Waals surface area contributed by atoms with E-state index in [4.69, 9.17) is 9.47 Å². The van der Waals surface area contributed by atoms with Gasteiger partial charge in [-0.2, -0.15) is 5.10 Å². The maximum Gasteiger partial charge on any atom is 0.241 e. The summed E-state index contributed by atoms with van der Waals surface area (Å²) in [5.41, 5.74) is 5.75. The number of anilines is 1. The van der Waals surface area contributed by atoms with Crippen molar-refractivity contribution in [2.75, 3.05) is 46.3 Å². The van der Waals surface area contributed by atoms with Crippen molar-refractivity contribution in [2.45, 2.75) is 12.8 Å². The van der Waals surface area contributed by atoms with Crippen LogP contribution in [0.25, 0.3) is 0 Å². The molecule has 156 valence electrons. The van der Waals surface area contributed by atoms with Crippen LogP contribution in [-0.2, 0) is 11.2 Å². The number of rotatable bonds is 11. The number of ether oxygens (including phenoxy) is 2. The fourth-order valence-corrected chi connectivity index (χ4v) is 2.69. The molecule has 0 aromatic heterocycles. The molecule has 0 aliphatic heterocycles. The minimum absolute atomic E-state index is 0.121. The summed E-state index contributed by atoms with van der Waals surface area (Å²) in [6.07, 6.45) is 2.84. The van der Waals surface area contributed by atoms with Gasteiger partial charge in [0.25, 0.3) is 0 Å². The van der Waals surface area contributed by atoms with Crippen molar-refractivity contribution in [1.29, 1.82) is 0 Å². The molecule has 7 nitrogen and oxygen atoms in total. The third kappa shape index (κ3) is 7.46. The Morgan fingerprint density at radius 1 is 1.03 bits per heavy atom. The SMILES string of the molecule is COc1ccc(CCNCCC(=O)N/N=C/c2ccc(N(C)C)cc2)cc1OC. The van der Waals surface area contributed by atoms with Crippen molar-refractivity contribution < 1.29 is 14.3 Å². The van der Waals surface area contributed by atoms with E-state index in [9.17, 15) is 4.79 Å². The first-order valence-corrected chi connectivity index (χ1v) is 9.54. The van der Waals surface area contributed by atoms with E-state index in [1.165, 1.54) is 0 Å². The minimum atomic E-state index is -0.121. The van der Waals surface area contributed by atoms with Crippen molar-refractivity contribution in [3.8, 4) is 11.5 Å². The van der Waals surface area contributed by atoms with Crippen LogP contribution in [0.1, 0.15) is 17.5 Å². The van der Waals surface area contributed by atoms with Gasteiger partial charge in [-0.3, -0.25) is 4.79 Å². The molecule has 0 saturated heterocycles. The van der Waals surface area contributed by atoms with E-state index in [0.717, 1.165) is 41.3 Å². The van der Waals surface area contributed by atoms with Crippen LogP contribution in [0.4, 0.5) is 5.69 Å². The number of amides is 1. The van der Waals surface area contributed by atoms with Gasteiger partial charge in [-0.05, 0) is 48.4 Å². The number of methoxy groups -OCH3 is 2. The highest BCUT2D eigenvalue weighted by molar-refractivity contribution is 5.82. The highest BCUT2D eigenvalue weighted by Crippen LogP contribution is 2.27. The zero-order valence-electron chi connectivity index (χ0n) is 17.6. The maximum absolute atomic E-state index is 11.9. The lowest BCUT2D eigenvalue weighted by Gasteiger charge is -2.11. The van der Waals surface area contributed by atoms with Crippen LogP contribution >= 0.6 is 0 Å². The Morgan fingerprint density at radius 3 is 2.41 bits per heavy atom. The van der Waals surface area contributed by atoms with E-state index < -0.39 is 0 Å². The molecule has 2 N–H and O–H groups in total. The Kier molecular flexibility index (Phi) is 8.98. The Bertz CT molecular complexity index is 804.